The number of hydrogen-bond donors (Lipinski definition) is 1. The van der Waals surface area contributed by atoms with Gasteiger partial charge in [0, 0.05) is 29.4 Å². The SMILES string of the molecule is Cc1c(Cl)cccc1S(=O)(=O)Nc1cccc(-c2ccc(N3CCCCCC3)nn2)c1. The normalized spacial score (nSPS) is 14.8. The molecule has 0 amide bonds. The van der Waals surface area contributed by atoms with Gasteiger partial charge in [0.1, 0.15) is 0 Å². The first kappa shape index (κ1) is 21.6. The number of halogens is 1. The Morgan fingerprint density at radius 2 is 1.68 bits per heavy atom. The summed E-state index contributed by atoms with van der Waals surface area (Å²) in [6, 6.07) is 15.9. The first-order valence-corrected chi connectivity index (χ1v) is 12.3. The molecule has 0 atom stereocenters. The zero-order chi connectivity index (χ0) is 21.8. The third kappa shape index (κ3) is 4.99. The van der Waals surface area contributed by atoms with Crippen molar-refractivity contribution in [2.45, 2.75) is 37.5 Å². The second-order valence-corrected chi connectivity index (χ2v) is 9.79. The van der Waals surface area contributed by atoms with Gasteiger partial charge in [0.05, 0.1) is 10.6 Å². The first-order chi connectivity index (χ1) is 14.9. The maximum Gasteiger partial charge on any atom is 0.262 e. The van der Waals surface area contributed by atoms with Crippen LogP contribution in [0.4, 0.5) is 11.5 Å². The summed E-state index contributed by atoms with van der Waals surface area (Å²) in [5.74, 6) is 0.888. The molecule has 0 radical (unpaired) electrons. The summed E-state index contributed by atoms with van der Waals surface area (Å²) in [5.41, 5.74) is 2.45. The summed E-state index contributed by atoms with van der Waals surface area (Å²) in [5, 5.41) is 9.22. The van der Waals surface area contributed by atoms with Gasteiger partial charge in [0.25, 0.3) is 10.0 Å². The molecule has 1 fully saturated rings. The maximum atomic E-state index is 12.9. The maximum absolute atomic E-state index is 12.9. The van der Waals surface area contributed by atoms with Crippen LogP contribution in [0.5, 0.6) is 0 Å². The van der Waals surface area contributed by atoms with Crippen molar-refractivity contribution in [1.29, 1.82) is 0 Å². The number of benzene rings is 2. The van der Waals surface area contributed by atoms with Crippen LogP contribution in [0.25, 0.3) is 11.3 Å². The lowest BCUT2D eigenvalue weighted by Crippen LogP contribution is -2.25. The molecule has 0 unspecified atom stereocenters. The molecule has 6 nitrogen and oxygen atoms in total. The molecule has 0 aliphatic carbocycles. The van der Waals surface area contributed by atoms with Crippen LogP contribution < -0.4 is 9.62 Å². The molecule has 2 heterocycles. The van der Waals surface area contributed by atoms with Gasteiger partial charge in [-0.15, -0.1) is 10.2 Å². The van der Waals surface area contributed by atoms with Gasteiger partial charge in [-0.2, -0.15) is 0 Å². The minimum Gasteiger partial charge on any atom is -0.355 e. The quantitative estimate of drug-likeness (QED) is 0.564. The van der Waals surface area contributed by atoms with Gasteiger partial charge in [-0.25, -0.2) is 8.42 Å². The van der Waals surface area contributed by atoms with Crippen molar-refractivity contribution in [1.82, 2.24) is 10.2 Å². The number of hydrogen-bond acceptors (Lipinski definition) is 5. The zero-order valence-corrected chi connectivity index (χ0v) is 19.0. The van der Waals surface area contributed by atoms with Crippen LogP contribution in [-0.2, 0) is 10.0 Å². The summed E-state index contributed by atoms with van der Waals surface area (Å²) in [4.78, 5) is 2.44. The third-order valence-corrected chi connectivity index (χ3v) is 7.43. The van der Waals surface area contributed by atoms with E-state index in [0.717, 1.165) is 24.5 Å². The van der Waals surface area contributed by atoms with Crippen molar-refractivity contribution in [3.05, 3.63) is 65.2 Å². The standard InChI is InChI=1S/C23H25ClN4O2S/c1-17-20(24)10-7-11-22(17)31(29,30)27-19-9-6-8-18(16-19)21-12-13-23(26-25-21)28-14-4-2-3-5-15-28/h6-13,16,27H,2-5,14-15H2,1H3. The van der Waals surface area contributed by atoms with Crippen LogP contribution in [0.3, 0.4) is 0 Å². The Morgan fingerprint density at radius 1 is 0.935 bits per heavy atom. The van der Waals surface area contributed by atoms with Crippen LogP contribution in [0.15, 0.2) is 59.5 Å². The van der Waals surface area contributed by atoms with Crippen LogP contribution in [0, 0.1) is 6.92 Å². The molecule has 1 saturated heterocycles. The molecule has 4 rings (SSSR count). The van der Waals surface area contributed by atoms with Gasteiger partial charge >= 0.3 is 0 Å². The zero-order valence-electron chi connectivity index (χ0n) is 17.4. The molecule has 0 saturated carbocycles. The van der Waals surface area contributed by atoms with E-state index >= 15 is 0 Å². The largest absolute Gasteiger partial charge is 0.355 e. The predicted molar refractivity (Wildman–Crippen MR) is 125 cm³/mol. The molecule has 0 bridgehead atoms. The Bertz CT molecular complexity index is 1160. The van der Waals surface area contributed by atoms with Crippen LogP contribution in [-0.4, -0.2) is 31.7 Å². The molecule has 162 valence electrons. The molecule has 8 heteroatoms. The van der Waals surface area contributed by atoms with E-state index in [9.17, 15) is 8.42 Å². The van der Waals surface area contributed by atoms with Gasteiger partial charge in [0.15, 0.2) is 5.82 Å². The topological polar surface area (TPSA) is 75.2 Å². The number of nitrogens with one attached hydrogen (secondary N) is 1. The minimum atomic E-state index is -3.77. The van der Waals surface area contributed by atoms with Gasteiger partial charge in [0.2, 0.25) is 0 Å². The van der Waals surface area contributed by atoms with E-state index in [1.807, 2.05) is 18.2 Å². The highest BCUT2D eigenvalue weighted by Gasteiger charge is 2.19. The van der Waals surface area contributed by atoms with Gasteiger partial charge in [-0.05, 0) is 61.7 Å². The summed E-state index contributed by atoms with van der Waals surface area (Å²) >= 11 is 6.10. The molecule has 2 aromatic carbocycles. The lowest BCUT2D eigenvalue weighted by Gasteiger charge is -2.20. The van der Waals surface area contributed by atoms with Crippen molar-refractivity contribution in [3.8, 4) is 11.3 Å². The Labute approximate surface area is 188 Å². The number of rotatable bonds is 5. The number of anilines is 2. The minimum absolute atomic E-state index is 0.159. The van der Waals surface area contributed by atoms with Crippen molar-refractivity contribution in [3.63, 3.8) is 0 Å². The summed E-state index contributed by atoms with van der Waals surface area (Å²) < 4.78 is 28.4. The third-order valence-electron chi connectivity index (χ3n) is 5.50. The Kier molecular flexibility index (Phi) is 6.43. The van der Waals surface area contributed by atoms with E-state index in [1.54, 1.807) is 43.3 Å². The van der Waals surface area contributed by atoms with E-state index in [2.05, 4.69) is 19.8 Å². The predicted octanol–water partition coefficient (Wildman–Crippen LogP) is 5.29. The number of nitrogens with zero attached hydrogens (tertiary/aromatic N) is 3. The van der Waals surface area contributed by atoms with E-state index in [4.69, 9.17) is 11.6 Å². The second-order valence-electron chi connectivity index (χ2n) is 7.73. The smallest absolute Gasteiger partial charge is 0.262 e. The van der Waals surface area contributed by atoms with E-state index in [1.165, 1.54) is 25.7 Å². The van der Waals surface area contributed by atoms with E-state index in [-0.39, 0.29) is 4.90 Å². The molecule has 31 heavy (non-hydrogen) atoms. The molecule has 3 aromatic rings. The molecule has 1 aromatic heterocycles. The average molecular weight is 457 g/mol. The monoisotopic (exact) mass is 456 g/mol. The molecule has 1 aliphatic heterocycles. The average Bonchev–Trinajstić information content (AvgIpc) is 3.05. The fraction of sp³-hybridized carbons (Fsp3) is 0.304. The number of sulfonamides is 1. The highest BCUT2D eigenvalue weighted by atomic mass is 35.5. The van der Waals surface area contributed by atoms with Crippen molar-refractivity contribution in [2.24, 2.45) is 0 Å². The molecular formula is C23H25ClN4O2S. The lowest BCUT2D eigenvalue weighted by molar-refractivity contribution is 0.600. The Morgan fingerprint density at radius 3 is 2.39 bits per heavy atom. The van der Waals surface area contributed by atoms with Crippen LogP contribution >= 0.6 is 11.6 Å². The van der Waals surface area contributed by atoms with Crippen molar-refractivity contribution >= 4 is 33.1 Å². The molecule has 1 N–H and O–H groups in total. The van der Waals surface area contributed by atoms with E-state index < -0.39 is 10.0 Å². The van der Waals surface area contributed by atoms with Gasteiger partial charge in [-0.3, -0.25) is 4.72 Å². The Hall–Kier alpha value is -2.64. The first-order valence-electron chi connectivity index (χ1n) is 10.4. The number of aromatic nitrogens is 2. The fourth-order valence-electron chi connectivity index (χ4n) is 3.78. The second kappa shape index (κ2) is 9.24. The fourth-order valence-corrected chi connectivity index (χ4v) is 5.33. The van der Waals surface area contributed by atoms with Gasteiger partial charge in [-0.1, -0.05) is 42.6 Å². The van der Waals surface area contributed by atoms with Crippen molar-refractivity contribution in [2.75, 3.05) is 22.7 Å². The van der Waals surface area contributed by atoms with Crippen LogP contribution in [0.1, 0.15) is 31.2 Å². The highest BCUT2D eigenvalue weighted by Crippen LogP contribution is 2.27. The van der Waals surface area contributed by atoms with E-state index in [0.29, 0.717) is 22.0 Å². The van der Waals surface area contributed by atoms with Crippen molar-refractivity contribution < 1.29 is 8.42 Å². The van der Waals surface area contributed by atoms with Gasteiger partial charge < -0.3 is 4.90 Å². The summed E-state index contributed by atoms with van der Waals surface area (Å²) in [6.45, 7) is 3.71. The molecule has 1 aliphatic rings. The van der Waals surface area contributed by atoms with Crippen LogP contribution in [0.2, 0.25) is 5.02 Å². The molecule has 0 spiro atoms. The summed E-state index contributed by atoms with van der Waals surface area (Å²) in [6.07, 6.45) is 4.88. The molecular weight excluding hydrogens is 432 g/mol. The lowest BCUT2D eigenvalue weighted by atomic mass is 10.1. The highest BCUT2D eigenvalue weighted by molar-refractivity contribution is 7.92. The Balaban J connectivity index is 1.55. The summed E-state index contributed by atoms with van der Waals surface area (Å²) in [7, 11) is -3.77.